The van der Waals surface area contributed by atoms with Gasteiger partial charge in [-0.05, 0) is 12.3 Å². The Morgan fingerprint density at radius 3 is 2.56 bits per heavy atom. The second kappa shape index (κ2) is 3.50. The average Bonchev–Trinajstić information content (AvgIpc) is 2.66. The Labute approximate surface area is 102 Å². The molecule has 0 aliphatic rings. The van der Waals surface area contributed by atoms with Gasteiger partial charge in [-0.3, -0.25) is 0 Å². The van der Waals surface area contributed by atoms with Crippen LogP contribution in [0.3, 0.4) is 0 Å². The molecule has 0 saturated carbocycles. The van der Waals surface area contributed by atoms with Crippen molar-refractivity contribution in [1.29, 1.82) is 0 Å². The molecule has 0 atom stereocenters. The SMILES string of the molecule is Cc1oc2c(cc([O-])c3ccccc32)c1C(=O)O. The minimum absolute atomic E-state index is 0.0628. The first-order valence-corrected chi connectivity index (χ1v) is 5.44. The maximum atomic E-state index is 11.9. The van der Waals surface area contributed by atoms with E-state index in [0.717, 1.165) is 0 Å². The Morgan fingerprint density at radius 2 is 1.89 bits per heavy atom. The van der Waals surface area contributed by atoms with Crippen LogP contribution in [0.15, 0.2) is 34.7 Å². The van der Waals surface area contributed by atoms with Gasteiger partial charge >= 0.3 is 5.97 Å². The van der Waals surface area contributed by atoms with Gasteiger partial charge in [0.05, 0.1) is 0 Å². The second-order valence-corrected chi connectivity index (χ2v) is 4.14. The van der Waals surface area contributed by atoms with Crippen LogP contribution in [0.5, 0.6) is 5.75 Å². The van der Waals surface area contributed by atoms with E-state index >= 15 is 0 Å². The van der Waals surface area contributed by atoms with Crippen LogP contribution in [0.4, 0.5) is 0 Å². The number of hydrogen-bond acceptors (Lipinski definition) is 3. The molecule has 0 amide bonds. The lowest BCUT2D eigenvalue weighted by molar-refractivity contribution is -0.265. The molecule has 0 saturated heterocycles. The van der Waals surface area contributed by atoms with Crippen LogP contribution >= 0.6 is 0 Å². The summed E-state index contributed by atoms with van der Waals surface area (Å²) in [6.45, 7) is 1.59. The summed E-state index contributed by atoms with van der Waals surface area (Å²) < 4.78 is 5.51. The molecule has 0 spiro atoms. The van der Waals surface area contributed by atoms with Crippen LogP contribution in [0, 0.1) is 6.92 Å². The molecule has 18 heavy (non-hydrogen) atoms. The van der Waals surface area contributed by atoms with E-state index in [4.69, 9.17) is 9.52 Å². The van der Waals surface area contributed by atoms with Crippen molar-refractivity contribution in [1.82, 2.24) is 0 Å². The van der Waals surface area contributed by atoms with Gasteiger partial charge in [0.25, 0.3) is 0 Å². The number of rotatable bonds is 1. The highest BCUT2D eigenvalue weighted by Gasteiger charge is 2.18. The Kier molecular flexibility index (Phi) is 2.07. The number of carboxylic acids is 1. The summed E-state index contributed by atoms with van der Waals surface area (Å²) in [7, 11) is 0. The van der Waals surface area contributed by atoms with Crippen molar-refractivity contribution in [3.63, 3.8) is 0 Å². The second-order valence-electron chi connectivity index (χ2n) is 4.14. The molecule has 0 unspecified atom stereocenters. The van der Waals surface area contributed by atoms with Crippen LogP contribution in [-0.4, -0.2) is 11.1 Å². The lowest BCUT2D eigenvalue weighted by Crippen LogP contribution is -1.97. The topological polar surface area (TPSA) is 73.5 Å². The van der Waals surface area contributed by atoms with Gasteiger partial charge in [0.2, 0.25) is 0 Å². The van der Waals surface area contributed by atoms with Gasteiger partial charge in [-0.25, -0.2) is 4.79 Å². The maximum absolute atomic E-state index is 11.9. The van der Waals surface area contributed by atoms with E-state index in [9.17, 15) is 9.90 Å². The number of hydrogen-bond donors (Lipinski definition) is 1. The van der Waals surface area contributed by atoms with Crippen molar-refractivity contribution in [2.75, 3.05) is 0 Å². The van der Waals surface area contributed by atoms with Crippen molar-refractivity contribution >= 4 is 27.7 Å². The first-order chi connectivity index (χ1) is 8.59. The zero-order valence-electron chi connectivity index (χ0n) is 9.56. The van der Waals surface area contributed by atoms with Crippen molar-refractivity contribution in [2.45, 2.75) is 6.92 Å². The van der Waals surface area contributed by atoms with E-state index in [2.05, 4.69) is 0 Å². The highest BCUT2D eigenvalue weighted by Crippen LogP contribution is 2.35. The first-order valence-electron chi connectivity index (χ1n) is 5.44. The molecule has 4 nitrogen and oxygen atoms in total. The summed E-state index contributed by atoms with van der Waals surface area (Å²) in [5.74, 6) is -0.962. The van der Waals surface area contributed by atoms with Crippen molar-refractivity contribution < 1.29 is 19.4 Å². The molecule has 90 valence electrons. The summed E-state index contributed by atoms with van der Waals surface area (Å²) in [5, 5.41) is 22.6. The molecule has 0 radical (unpaired) electrons. The minimum atomic E-state index is -1.08. The lowest BCUT2D eigenvalue weighted by Gasteiger charge is -2.10. The van der Waals surface area contributed by atoms with Gasteiger partial charge in [-0.2, -0.15) is 0 Å². The lowest BCUT2D eigenvalue weighted by atomic mass is 10.0. The van der Waals surface area contributed by atoms with E-state index < -0.39 is 5.97 Å². The molecule has 1 aromatic heterocycles. The molecule has 1 heterocycles. The fraction of sp³-hybridized carbons (Fsp3) is 0.0714. The third-order valence-corrected chi connectivity index (χ3v) is 3.05. The number of fused-ring (bicyclic) bond motifs is 3. The number of aryl methyl sites for hydroxylation is 1. The van der Waals surface area contributed by atoms with Gasteiger partial charge in [0, 0.05) is 10.8 Å². The molecule has 3 rings (SSSR count). The normalized spacial score (nSPS) is 11.2. The number of furan rings is 1. The van der Waals surface area contributed by atoms with Crippen LogP contribution < -0.4 is 5.11 Å². The third-order valence-electron chi connectivity index (χ3n) is 3.05. The highest BCUT2D eigenvalue weighted by molar-refractivity contribution is 6.14. The van der Waals surface area contributed by atoms with Crippen LogP contribution in [0.25, 0.3) is 21.7 Å². The van der Waals surface area contributed by atoms with Gasteiger partial charge in [0.15, 0.2) is 0 Å². The Bertz CT molecular complexity index is 783. The average molecular weight is 241 g/mol. The number of carbonyl (C=O) groups is 1. The highest BCUT2D eigenvalue weighted by atomic mass is 16.4. The van der Waals surface area contributed by atoms with E-state index in [1.54, 1.807) is 31.2 Å². The molecule has 0 bridgehead atoms. The molecular weight excluding hydrogens is 232 g/mol. The summed E-state index contributed by atoms with van der Waals surface area (Å²) in [6, 6.07) is 8.35. The van der Waals surface area contributed by atoms with E-state index in [-0.39, 0.29) is 11.3 Å². The standard InChI is InChI=1S/C14H10O4/c1-7-12(14(16)17)10-6-11(15)8-4-2-3-5-9(8)13(10)18-7/h2-6,15H,1H3,(H,16,17)/p-1. The quantitative estimate of drug-likeness (QED) is 0.710. The monoisotopic (exact) mass is 241 g/mol. The Morgan fingerprint density at radius 1 is 1.22 bits per heavy atom. The van der Waals surface area contributed by atoms with E-state index in [1.807, 2.05) is 0 Å². The predicted octanol–water partition coefficient (Wildman–Crippen LogP) is 2.67. The third kappa shape index (κ3) is 1.29. The van der Waals surface area contributed by atoms with Gasteiger partial charge in [-0.15, -0.1) is 5.75 Å². The molecule has 0 aliphatic carbocycles. The fourth-order valence-electron chi connectivity index (χ4n) is 2.27. The van der Waals surface area contributed by atoms with Crippen molar-refractivity contribution in [3.05, 3.63) is 41.7 Å². The minimum Gasteiger partial charge on any atom is -0.872 e. The molecular formula is C14H9O4-. The van der Waals surface area contributed by atoms with Crippen LogP contribution in [0.1, 0.15) is 16.1 Å². The van der Waals surface area contributed by atoms with Gasteiger partial charge < -0.3 is 14.6 Å². The van der Waals surface area contributed by atoms with Gasteiger partial charge in [0.1, 0.15) is 16.9 Å². The molecule has 0 fully saturated rings. The zero-order valence-corrected chi connectivity index (χ0v) is 9.56. The fourth-order valence-corrected chi connectivity index (χ4v) is 2.27. The molecule has 2 aromatic carbocycles. The molecule has 1 N–H and O–H groups in total. The summed E-state index contributed by atoms with van der Waals surface area (Å²) in [5.41, 5.74) is 0.521. The smallest absolute Gasteiger partial charge is 0.339 e. The summed E-state index contributed by atoms with van der Waals surface area (Å²) in [6.07, 6.45) is 0. The zero-order chi connectivity index (χ0) is 12.9. The molecule has 0 aliphatic heterocycles. The van der Waals surface area contributed by atoms with Gasteiger partial charge in [-0.1, -0.05) is 30.3 Å². The largest absolute Gasteiger partial charge is 0.872 e. The molecule has 3 aromatic rings. The first kappa shape index (κ1) is 10.7. The van der Waals surface area contributed by atoms with Crippen molar-refractivity contribution in [2.24, 2.45) is 0 Å². The maximum Gasteiger partial charge on any atom is 0.339 e. The van der Waals surface area contributed by atoms with Crippen molar-refractivity contribution in [3.8, 4) is 5.75 Å². The van der Waals surface area contributed by atoms with E-state index in [0.29, 0.717) is 27.5 Å². The summed E-state index contributed by atoms with van der Waals surface area (Å²) >= 11 is 0. The summed E-state index contributed by atoms with van der Waals surface area (Å²) in [4.78, 5) is 11.2. The van der Waals surface area contributed by atoms with Crippen LogP contribution in [-0.2, 0) is 0 Å². The predicted molar refractivity (Wildman–Crippen MR) is 64.9 cm³/mol. The van der Waals surface area contributed by atoms with Crippen LogP contribution in [0.2, 0.25) is 0 Å². The molecule has 4 heteroatoms. The number of carboxylic acid groups (broad SMARTS) is 1. The number of benzene rings is 2. The van der Waals surface area contributed by atoms with E-state index in [1.165, 1.54) is 6.07 Å². The Hall–Kier alpha value is -2.49. The Balaban J connectivity index is 2.58. The number of aromatic carboxylic acids is 1.